The van der Waals surface area contributed by atoms with Crippen LogP contribution in [-0.4, -0.2) is 14.8 Å². The van der Waals surface area contributed by atoms with E-state index < -0.39 is 0 Å². The Balaban J connectivity index is 2.12. The van der Waals surface area contributed by atoms with E-state index in [2.05, 4.69) is 26.1 Å². The average molecular weight is 283 g/mol. The van der Waals surface area contributed by atoms with Crippen molar-refractivity contribution in [3.63, 3.8) is 0 Å². The van der Waals surface area contributed by atoms with Crippen LogP contribution in [0.15, 0.2) is 21.2 Å². The van der Waals surface area contributed by atoms with Gasteiger partial charge in [-0.3, -0.25) is 4.57 Å². The van der Waals surface area contributed by atoms with Crippen LogP contribution in [0.1, 0.15) is 24.8 Å². The van der Waals surface area contributed by atoms with Gasteiger partial charge in [0.25, 0.3) is 0 Å². The fourth-order valence-electron chi connectivity index (χ4n) is 2.04. The number of nitrogens with two attached hydrogens (primary N) is 1. The van der Waals surface area contributed by atoms with Crippen molar-refractivity contribution in [2.45, 2.75) is 25.4 Å². The molecular weight excluding hydrogens is 272 g/mol. The third-order valence-electron chi connectivity index (χ3n) is 2.79. The second kappa shape index (κ2) is 3.71. The minimum atomic E-state index is -0.0439. The number of fused-ring (bicyclic) bond motifs is 1. The number of aryl methyl sites for hydroxylation is 1. The Labute approximate surface area is 101 Å². The van der Waals surface area contributed by atoms with E-state index in [1.807, 2.05) is 16.7 Å². The lowest BCUT2D eigenvalue weighted by atomic mass is 10.1. The van der Waals surface area contributed by atoms with Gasteiger partial charge in [0.2, 0.25) is 5.82 Å². The summed E-state index contributed by atoms with van der Waals surface area (Å²) in [5, 5.41) is 8.30. The lowest BCUT2D eigenvalue weighted by Gasteiger charge is -2.21. The SMILES string of the molecule is NC1CCCc2nnc(-c3ccc(Br)o3)n21. The Bertz CT molecular complexity index is 519. The van der Waals surface area contributed by atoms with E-state index in [4.69, 9.17) is 10.2 Å². The molecule has 0 aliphatic carbocycles. The number of hydrogen-bond acceptors (Lipinski definition) is 4. The number of hydrogen-bond donors (Lipinski definition) is 1. The van der Waals surface area contributed by atoms with Crippen molar-refractivity contribution in [2.24, 2.45) is 5.73 Å². The summed E-state index contributed by atoms with van der Waals surface area (Å²) >= 11 is 3.27. The molecule has 0 spiro atoms. The predicted octanol–water partition coefficient (Wildman–Crippen LogP) is 2.09. The summed E-state index contributed by atoms with van der Waals surface area (Å²) < 4.78 is 8.13. The van der Waals surface area contributed by atoms with Gasteiger partial charge in [0.15, 0.2) is 10.4 Å². The van der Waals surface area contributed by atoms with Gasteiger partial charge in [-0.2, -0.15) is 0 Å². The second-order valence-electron chi connectivity index (χ2n) is 3.87. The molecule has 16 heavy (non-hydrogen) atoms. The van der Waals surface area contributed by atoms with Crippen LogP contribution in [0.3, 0.4) is 0 Å². The molecule has 6 heteroatoms. The Kier molecular flexibility index (Phi) is 2.33. The summed E-state index contributed by atoms with van der Waals surface area (Å²) in [5.41, 5.74) is 6.07. The fourth-order valence-corrected chi connectivity index (χ4v) is 2.35. The first kappa shape index (κ1) is 10.0. The third-order valence-corrected chi connectivity index (χ3v) is 3.22. The van der Waals surface area contributed by atoms with Crippen molar-refractivity contribution in [3.05, 3.63) is 22.6 Å². The van der Waals surface area contributed by atoms with Gasteiger partial charge in [-0.25, -0.2) is 0 Å². The van der Waals surface area contributed by atoms with Crippen molar-refractivity contribution < 1.29 is 4.42 Å². The van der Waals surface area contributed by atoms with Crippen LogP contribution >= 0.6 is 15.9 Å². The Hall–Kier alpha value is -1.14. The molecule has 0 saturated heterocycles. The first-order valence-electron chi connectivity index (χ1n) is 5.21. The van der Waals surface area contributed by atoms with Gasteiger partial charge in [-0.1, -0.05) is 0 Å². The number of rotatable bonds is 1. The summed E-state index contributed by atoms with van der Waals surface area (Å²) in [5.74, 6) is 2.36. The highest BCUT2D eigenvalue weighted by molar-refractivity contribution is 9.10. The number of aromatic nitrogens is 3. The number of nitrogens with zero attached hydrogens (tertiary/aromatic N) is 3. The molecule has 2 N–H and O–H groups in total. The molecule has 0 radical (unpaired) electrons. The molecule has 1 aliphatic rings. The van der Waals surface area contributed by atoms with Gasteiger partial charge in [0.05, 0.1) is 6.17 Å². The molecule has 2 aromatic rings. The van der Waals surface area contributed by atoms with E-state index in [9.17, 15) is 0 Å². The molecule has 3 heterocycles. The zero-order valence-corrected chi connectivity index (χ0v) is 10.1. The highest BCUT2D eigenvalue weighted by Gasteiger charge is 2.24. The van der Waals surface area contributed by atoms with Gasteiger partial charge >= 0.3 is 0 Å². The molecule has 0 amide bonds. The van der Waals surface area contributed by atoms with Crippen LogP contribution in [0, 0.1) is 0 Å². The lowest BCUT2D eigenvalue weighted by molar-refractivity contribution is 0.407. The summed E-state index contributed by atoms with van der Waals surface area (Å²) in [4.78, 5) is 0. The molecular formula is C10H11BrN4O. The van der Waals surface area contributed by atoms with Crippen LogP contribution in [-0.2, 0) is 6.42 Å². The van der Waals surface area contributed by atoms with Crippen molar-refractivity contribution in [3.8, 4) is 11.6 Å². The van der Waals surface area contributed by atoms with Crippen molar-refractivity contribution >= 4 is 15.9 Å². The first-order valence-corrected chi connectivity index (χ1v) is 6.00. The Morgan fingerprint density at radius 1 is 1.44 bits per heavy atom. The van der Waals surface area contributed by atoms with Crippen LogP contribution < -0.4 is 5.73 Å². The molecule has 0 fully saturated rings. The molecule has 1 aliphatic heterocycles. The molecule has 84 valence electrons. The Morgan fingerprint density at radius 3 is 3.06 bits per heavy atom. The molecule has 2 aromatic heterocycles. The zero-order valence-electron chi connectivity index (χ0n) is 8.56. The van der Waals surface area contributed by atoms with E-state index >= 15 is 0 Å². The van der Waals surface area contributed by atoms with Crippen LogP contribution in [0.4, 0.5) is 0 Å². The number of furan rings is 1. The smallest absolute Gasteiger partial charge is 0.201 e. The maximum atomic E-state index is 6.07. The maximum Gasteiger partial charge on any atom is 0.201 e. The second-order valence-corrected chi connectivity index (χ2v) is 4.65. The normalized spacial score (nSPS) is 19.8. The minimum absolute atomic E-state index is 0.0439. The molecule has 5 nitrogen and oxygen atoms in total. The first-order chi connectivity index (χ1) is 7.75. The largest absolute Gasteiger partial charge is 0.446 e. The minimum Gasteiger partial charge on any atom is -0.446 e. The molecule has 3 rings (SSSR count). The maximum absolute atomic E-state index is 6.07. The standard InChI is InChI=1S/C10H11BrN4O/c11-7-5-4-6(16-7)10-14-13-9-3-1-2-8(12)15(9)10/h4-5,8H,1-3,12H2. The monoisotopic (exact) mass is 282 g/mol. The highest BCUT2D eigenvalue weighted by atomic mass is 79.9. The fraction of sp³-hybridized carbons (Fsp3) is 0.400. The van der Waals surface area contributed by atoms with Gasteiger partial charge in [0.1, 0.15) is 5.82 Å². The van der Waals surface area contributed by atoms with E-state index in [1.54, 1.807) is 0 Å². The van der Waals surface area contributed by atoms with E-state index in [1.165, 1.54) is 0 Å². The van der Waals surface area contributed by atoms with E-state index in [0.717, 1.165) is 25.1 Å². The van der Waals surface area contributed by atoms with Gasteiger partial charge < -0.3 is 10.2 Å². The predicted molar refractivity (Wildman–Crippen MR) is 61.6 cm³/mol. The molecule has 0 bridgehead atoms. The molecule has 1 unspecified atom stereocenters. The lowest BCUT2D eigenvalue weighted by Crippen LogP contribution is -2.25. The van der Waals surface area contributed by atoms with Crippen molar-refractivity contribution in [2.75, 3.05) is 0 Å². The van der Waals surface area contributed by atoms with Crippen LogP contribution in [0.25, 0.3) is 11.6 Å². The van der Waals surface area contributed by atoms with Crippen LogP contribution in [0.2, 0.25) is 0 Å². The zero-order chi connectivity index (χ0) is 11.1. The van der Waals surface area contributed by atoms with E-state index in [0.29, 0.717) is 16.3 Å². The Morgan fingerprint density at radius 2 is 2.31 bits per heavy atom. The highest BCUT2D eigenvalue weighted by Crippen LogP contribution is 2.29. The number of halogens is 1. The molecule has 1 atom stereocenters. The summed E-state index contributed by atoms with van der Waals surface area (Å²) in [7, 11) is 0. The van der Waals surface area contributed by atoms with Gasteiger partial charge in [-0.15, -0.1) is 10.2 Å². The molecule has 0 aromatic carbocycles. The van der Waals surface area contributed by atoms with Crippen molar-refractivity contribution in [1.29, 1.82) is 0 Å². The van der Waals surface area contributed by atoms with Gasteiger partial charge in [-0.05, 0) is 40.9 Å². The summed E-state index contributed by atoms with van der Waals surface area (Å²) in [6, 6.07) is 3.70. The topological polar surface area (TPSA) is 69.9 Å². The summed E-state index contributed by atoms with van der Waals surface area (Å²) in [6.45, 7) is 0. The quantitative estimate of drug-likeness (QED) is 0.870. The van der Waals surface area contributed by atoms with Crippen LogP contribution in [0.5, 0.6) is 0 Å². The third kappa shape index (κ3) is 1.49. The summed E-state index contributed by atoms with van der Waals surface area (Å²) in [6.07, 6.45) is 2.92. The van der Waals surface area contributed by atoms with E-state index in [-0.39, 0.29) is 6.17 Å². The van der Waals surface area contributed by atoms with Gasteiger partial charge in [0, 0.05) is 6.42 Å². The molecule has 0 saturated carbocycles. The average Bonchev–Trinajstić information content (AvgIpc) is 2.84. The van der Waals surface area contributed by atoms with Crippen molar-refractivity contribution in [1.82, 2.24) is 14.8 Å².